The molecule has 9 nitrogen and oxygen atoms in total. The van der Waals surface area contributed by atoms with Crippen LogP contribution in [-0.4, -0.2) is 65.2 Å². The number of urea groups is 1. The SMILES string of the molecule is Cn1nc(N2CCC(=O)NC2=O)c2cc(F)c(C3CCN(C(=O)C4CCNCC4)CC3)cc21. The molecule has 1 aromatic carbocycles. The summed E-state index contributed by atoms with van der Waals surface area (Å²) in [4.78, 5) is 39.9. The van der Waals surface area contributed by atoms with Crippen LogP contribution in [0.4, 0.5) is 15.0 Å². The lowest BCUT2D eigenvalue weighted by Gasteiger charge is -2.35. The summed E-state index contributed by atoms with van der Waals surface area (Å²) in [6, 6.07) is 2.73. The zero-order valence-electron chi connectivity index (χ0n) is 18.8. The van der Waals surface area contributed by atoms with Crippen molar-refractivity contribution in [2.24, 2.45) is 13.0 Å². The van der Waals surface area contributed by atoms with Crippen molar-refractivity contribution in [3.8, 4) is 0 Å². The molecule has 3 aliphatic heterocycles. The summed E-state index contributed by atoms with van der Waals surface area (Å²) in [6.07, 6.45) is 3.40. The molecule has 0 saturated carbocycles. The summed E-state index contributed by atoms with van der Waals surface area (Å²) in [5.41, 5.74) is 1.36. The van der Waals surface area contributed by atoms with E-state index < -0.39 is 6.03 Å². The summed E-state index contributed by atoms with van der Waals surface area (Å²) in [5.74, 6) is 0.0702. The van der Waals surface area contributed by atoms with Gasteiger partial charge in [0.1, 0.15) is 5.82 Å². The zero-order chi connectivity index (χ0) is 23.1. The smallest absolute Gasteiger partial charge is 0.329 e. The van der Waals surface area contributed by atoms with Crippen molar-refractivity contribution in [2.75, 3.05) is 37.6 Å². The lowest BCUT2D eigenvalue weighted by molar-refractivity contribution is -0.137. The highest BCUT2D eigenvalue weighted by atomic mass is 19.1. The Labute approximate surface area is 191 Å². The number of benzene rings is 1. The molecule has 0 bridgehead atoms. The van der Waals surface area contributed by atoms with E-state index in [2.05, 4.69) is 15.7 Å². The summed E-state index contributed by atoms with van der Waals surface area (Å²) < 4.78 is 16.9. The van der Waals surface area contributed by atoms with E-state index in [-0.39, 0.29) is 42.4 Å². The number of aryl methyl sites for hydroxylation is 1. The van der Waals surface area contributed by atoms with Crippen LogP contribution in [0.3, 0.4) is 0 Å². The molecule has 5 rings (SSSR count). The number of anilines is 1. The molecule has 0 spiro atoms. The van der Waals surface area contributed by atoms with E-state index in [4.69, 9.17) is 0 Å². The van der Waals surface area contributed by atoms with Gasteiger partial charge in [0.25, 0.3) is 0 Å². The fourth-order valence-electron chi connectivity index (χ4n) is 5.29. The molecule has 3 aliphatic rings. The standard InChI is InChI=1S/C23H29FN6O3/c1-28-19-13-16(14-4-9-29(10-5-14)22(32)15-2-7-25-8-3-15)18(24)12-17(19)21(27-28)30-11-6-20(31)26-23(30)33/h12-15,25H,2-11H2,1H3,(H,26,31,33). The van der Waals surface area contributed by atoms with Gasteiger partial charge in [0, 0.05) is 44.4 Å². The molecule has 4 heterocycles. The van der Waals surface area contributed by atoms with Crippen LogP contribution in [0.2, 0.25) is 0 Å². The predicted molar refractivity (Wildman–Crippen MR) is 120 cm³/mol. The minimum atomic E-state index is -0.540. The Hall–Kier alpha value is -3.01. The lowest BCUT2D eigenvalue weighted by atomic mass is 9.87. The van der Waals surface area contributed by atoms with E-state index in [0.29, 0.717) is 29.9 Å². The van der Waals surface area contributed by atoms with Gasteiger partial charge in [-0.2, -0.15) is 5.10 Å². The summed E-state index contributed by atoms with van der Waals surface area (Å²) in [6.45, 7) is 3.27. The Morgan fingerprint density at radius 2 is 1.82 bits per heavy atom. The summed E-state index contributed by atoms with van der Waals surface area (Å²) in [5, 5.41) is 10.6. The number of aromatic nitrogens is 2. The summed E-state index contributed by atoms with van der Waals surface area (Å²) in [7, 11) is 1.76. The number of piperidine rings is 2. The van der Waals surface area contributed by atoms with Gasteiger partial charge < -0.3 is 10.2 Å². The van der Waals surface area contributed by atoms with E-state index in [9.17, 15) is 14.4 Å². The van der Waals surface area contributed by atoms with Gasteiger partial charge in [-0.1, -0.05) is 0 Å². The van der Waals surface area contributed by atoms with Gasteiger partial charge in [-0.25, -0.2) is 9.18 Å². The van der Waals surface area contributed by atoms with Crippen molar-refractivity contribution < 1.29 is 18.8 Å². The van der Waals surface area contributed by atoms with Crippen molar-refractivity contribution in [1.82, 2.24) is 25.3 Å². The molecule has 176 valence electrons. The van der Waals surface area contributed by atoms with Crippen LogP contribution in [0.25, 0.3) is 10.9 Å². The monoisotopic (exact) mass is 456 g/mol. The van der Waals surface area contributed by atoms with Crippen LogP contribution in [0.5, 0.6) is 0 Å². The highest BCUT2D eigenvalue weighted by molar-refractivity contribution is 6.08. The van der Waals surface area contributed by atoms with Crippen LogP contribution in [0.15, 0.2) is 12.1 Å². The lowest BCUT2D eigenvalue weighted by Crippen LogP contribution is -2.49. The molecular weight excluding hydrogens is 427 g/mol. The van der Waals surface area contributed by atoms with Crippen LogP contribution in [0.1, 0.15) is 43.6 Å². The maximum absolute atomic E-state index is 15.3. The van der Waals surface area contributed by atoms with Crippen molar-refractivity contribution in [3.63, 3.8) is 0 Å². The van der Waals surface area contributed by atoms with Crippen LogP contribution < -0.4 is 15.5 Å². The molecule has 0 atom stereocenters. The first-order valence-electron chi connectivity index (χ1n) is 11.7. The second-order valence-corrected chi connectivity index (χ2v) is 9.22. The maximum Gasteiger partial charge on any atom is 0.329 e. The largest absolute Gasteiger partial charge is 0.342 e. The van der Waals surface area contributed by atoms with Crippen LogP contribution >= 0.6 is 0 Å². The molecule has 0 unspecified atom stereocenters. The van der Waals surface area contributed by atoms with Crippen molar-refractivity contribution >= 4 is 34.6 Å². The van der Waals surface area contributed by atoms with E-state index >= 15 is 4.39 Å². The first-order chi connectivity index (χ1) is 15.9. The number of rotatable bonds is 3. The highest BCUT2D eigenvalue weighted by Gasteiger charge is 2.32. The topological polar surface area (TPSA) is 99.6 Å². The molecule has 3 saturated heterocycles. The summed E-state index contributed by atoms with van der Waals surface area (Å²) >= 11 is 0. The molecular formula is C23H29FN6O3. The minimum Gasteiger partial charge on any atom is -0.342 e. The number of hydrogen-bond donors (Lipinski definition) is 2. The van der Waals surface area contributed by atoms with Gasteiger partial charge in [0.05, 0.1) is 5.52 Å². The van der Waals surface area contributed by atoms with E-state index in [0.717, 1.165) is 44.3 Å². The number of carbonyl (C=O) groups is 3. The Morgan fingerprint density at radius 3 is 2.52 bits per heavy atom. The van der Waals surface area contributed by atoms with E-state index in [1.807, 2.05) is 11.0 Å². The number of fused-ring (bicyclic) bond motifs is 1. The molecule has 3 fully saturated rings. The third-order valence-electron chi connectivity index (χ3n) is 7.19. The number of halogens is 1. The Morgan fingerprint density at radius 1 is 1.09 bits per heavy atom. The number of nitrogens with one attached hydrogen (secondary N) is 2. The zero-order valence-corrected chi connectivity index (χ0v) is 18.8. The quantitative estimate of drug-likeness (QED) is 0.735. The number of nitrogens with zero attached hydrogens (tertiary/aromatic N) is 4. The molecule has 0 aliphatic carbocycles. The van der Waals surface area contributed by atoms with E-state index in [1.54, 1.807) is 11.7 Å². The third kappa shape index (κ3) is 4.07. The average molecular weight is 457 g/mol. The van der Waals surface area contributed by atoms with Gasteiger partial charge in [-0.15, -0.1) is 0 Å². The predicted octanol–water partition coefficient (Wildman–Crippen LogP) is 1.86. The number of imide groups is 1. The average Bonchev–Trinajstić information content (AvgIpc) is 3.13. The second kappa shape index (κ2) is 8.74. The molecule has 4 amide bonds. The fraction of sp³-hybridized carbons (Fsp3) is 0.565. The second-order valence-electron chi connectivity index (χ2n) is 9.22. The minimum absolute atomic E-state index is 0.0285. The van der Waals surface area contributed by atoms with Gasteiger partial charge in [0.2, 0.25) is 11.8 Å². The van der Waals surface area contributed by atoms with Crippen LogP contribution in [0, 0.1) is 11.7 Å². The fourth-order valence-corrected chi connectivity index (χ4v) is 5.29. The van der Waals surface area contributed by atoms with Gasteiger partial charge in [-0.05, 0) is 62.4 Å². The molecule has 1 aromatic heterocycles. The van der Waals surface area contributed by atoms with Gasteiger partial charge in [-0.3, -0.25) is 24.5 Å². The number of amides is 4. The molecule has 2 N–H and O–H groups in total. The van der Waals surface area contributed by atoms with Gasteiger partial charge in [0.15, 0.2) is 5.82 Å². The Bertz CT molecular complexity index is 1100. The first-order valence-corrected chi connectivity index (χ1v) is 11.7. The van der Waals surface area contributed by atoms with Gasteiger partial charge >= 0.3 is 6.03 Å². The Balaban J connectivity index is 1.34. The number of hydrogen-bond acceptors (Lipinski definition) is 5. The third-order valence-corrected chi connectivity index (χ3v) is 7.19. The maximum atomic E-state index is 15.3. The van der Waals surface area contributed by atoms with Crippen molar-refractivity contribution in [3.05, 3.63) is 23.5 Å². The first kappa shape index (κ1) is 21.8. The van der Waals surface area contributed by atoms with Crippen molar-refractivity contribution in [2.45, 2.75) is 38.0 Å². The highest BCUT2D eigenvalue weighted by Crippen LogP contribution is 2.36. The van der Waals surface area contributed by atoms with Crippen LogP contribution in [-0.2, 0) is 16.6 Å². The molecule has 0 radical (unpaired) electrons. The van der Waals surface area contributed by atoms with E-state index in [1.165, 1.54) is 11.0 Å². The number of likely N-dealkylation sites (tertiary alicyclic amines) is 1. The molecule has 2 aromatic rings. The normalized spacial score (nSPS) is 21.0. The Kier molecular flexibility index (Phi) is 5.77. The number of carbonyl (C=O) groups excluding carboxylic acids is 3. The van der Waals surface area contributed by atoms with Crippen molar-refractivity contribution in [1.29, 1.82) is 0 Å². The molecule has 33 heavy (non-hydrogen) atoms. The molecule has 10 heteroatoms.